The Balaban J connectivity index is -0.0000000518. The topological polar surface area (TPSA) is 232 Å². The summed E-state index contributed by atoms with van der Waals surface area (Å²) in [7, 11) is 6.64. The van der Waals surface area contributed by atoms with Crippen molar-refractivity contribution in [3.8, 4) is 0 Å². The van der Waals surface area contributed by atoms with Crippen LogP contribution in [0.5, 0.6) is 0 Å². The maximum atomic E-state index is 5.56. The van der Waals surface area contributed by atoms with Crippen LogP contribution < -0.4 is 28.7 Å². The minimum Gasteiger partial charge on any atom is -0.383 e. The molecule has 0 fully saturated rings. The smallest absolute Gasteiger partial charge is 0.0781 e. The molecule has 0 aliphatic rings. The van der Waals surface area contributed by atoms with Crippen LogP contribution in [0.15, 0.2) is 0 Å². The Morgan fingerprint density at radius 1 is 0.292 bits per heavy atom. The molecule has 0 saturated heterocycles. The van der Waals surface area contributed by atoms with Gasteiger partial charge in [-0.3, -0.25) is 0 Å². The van der Waals surface area contributed by atoms with Crippen LogP contribution in [-0.4, -0.2) is 176 Å². The number of unbranched alkanes of at least 4 members (excludes halogenated alkanes) is 1. The van der Waals surface area contributed by atoms with Gasteiger partial charge in [0.25, 0.3) is 0 Å². The molecule has 0 aliphatic carbocycles. The number of hydrogen-bond donors (Lipinski definition) is 5. The summed E-state index contributed by atoms with van der Waals surface area (Å²) in [5, 5.41) is 0. The molecule has 9 unspecified atom stereocenters. The van der Waals surface area contributed by atoms with E-state index in [0.29, 0.717) is 66.1 Å². The van der Waals surface area contributed by atoms with Gasteiger partial charge in [-0.2, -0.15) is 0 Å². The predicted molar refractivity (Wildman–Crippen MR) is 286 cm³/mol. The number of rotatable bonds is 32. The molecule has 16 nitrogen and oxygen atoms in total. The highest BCUT2D eigenvalue weighted by molar-refractivity contribution is 4.56. The highest BCUT2D eigenvalue weighted by Gasteiger charge is 2.07. The zero-order valence-electron chi connectivity index (χ0n) is 41.3. The lowest BCUT2D eigenvalue weighted by atomic mass is 10.3. The number of hydrogen-bond acceptors (Lipinski definition) is 16. The fourth-order valence-corrected chi connectivity index (χ4v) is 3.47. The molecule has 0 aromatic carbocycles. The highest BCUT2D eigenvalue weighted by Crippen LogP contribution is 1.98. The van der Waals surface area contributed by atoms with Crippen molar-refractivity contribution in [2.45, 2.75) is 208 Å². The minimum absolute atomic E-state index is 0. The van der Waals surface area contributed by atoms with Crippen LogP contribution in [0.2, 0.25) is 0 Å². The second kappa shape index (κ2) is 80.4. The molecular formula is C49H127N5O11. The van der Waals surface area contributed by atoms with E-state index < -0.39 is 0 Å². The first-order valence-corrected chi connectivity index (χ1v) is 21.8. The molecule has 0 aliphatic heterocycles. The van der Waals surface area contributed by atoms with Crippen molar-refractivity contribution in [3.05, 3.63) is 0 Å². The van der Waals surface area contributed by atoms with Gasteiger partial charge in [0, 0.05) is 78.5 Å². The normalized spacial score (nSPS) is 13.8. The van der Waals surface area contributed by atoms with E-state index in [1.54, 1.807) is 28.4 Å². The first-order chi connectivity index (χ1) is 27.8. The summed E-state index contributed by atoms with van der Waals surface area (Å²) >= 11 is 0. The van der Waals surface area contributed by atoms with Crippen LogP contribution in [-0.2, 0) is 52.1 Å². The molecule has 0 saturated carbocycles. The van der Waals surface area contributed by atoms with Gasteiger partial charge in [0.05, 0.1) is 97.1 Å². The van der Waals surface area contributed by atoms with Crippen molar-refractivity contribution in [2.75, 3.05) is 121 Å². The van der Waals surface area contributed by atoms with E-state index in [0.717, 1.165) is 45.7 Å². The van der Waals surface area contributed by atoms with Gasteiger partial charge in [0.1, 0.15) is 0 Å². The van der Waals surface area contributed by atoms with E-state index in [1.165, 1.54) is 6.42 Å². The average Bonchev–Trinajstić information content (AvgIpc) is 3.16. The maximum absolute atomic E-state index is 5.56. The molecule has 0 aromatic heterocycles. The molecular weight excluding hydrogens is 835 g/mol. The second-order valence-electron chi connectivity index (χ2n) is 14.9. The van der Waals surface area contributed by atoms with Gasteiger partial charge in [-0.05, 0) is 81.6 Å². The lowest BCUT2D eigenvalue weighted by Gasteiger charge is -2.18. The Morgan fingerprint density at radius 2 is 0.600 bits per heavy atom. The van der Waals surface area contributed by atoms with Gasteiger partial charge in [-0.15, -0.1) is 0 Å². The SMILES string of the molecule is C.C.C.C.C.C.CCCCOCC(C)N.CCCOCC(C)OCC(C)N.CCCOCCOC.COCC(C)N.COCC(C)OCC(C)N.COCC(C)OCC(C)OCC(C)N. The Hall–Kier alpha value is -0.640. The fraction of sp³-hybridized carbons (Fsp3) is 1.00. The molecule has 10 N–H and O–H groups in total. The van der Waals surface area contributed by atoms with Crippen molar-refractivity contribution in [3.63, 3.8) is 0 Å². The van der Waals surface area contributed by atoms with Crippen LogP contribution in [0.4, 0.5) is 0 Å². The van der Waals surface area contributed by atoms with E-state index in [2.05, 4.69) is 25.5 Å². The zero-order chi connectivity index (χ0) is 46.7. The van der Waals surface area contributed by atoms with Crippen LogP contribution in [0.1, 0.15) is 153 Å². The Labute approximate surface area is 408 Å². The third-order valence-corrected chi connectivity index (χ3v) is 6.28. The largest absolute Gasteiger partial charge is 0.383 e. The summed E-state index contributed by atoms with van der Waals surface area (Å²) in [5.41, 5.74) is 27.3. The van der Waals surface area contributed by atoms with Crippen molar-refractivity contribution >= 4 is 0 Å². The van der Waals surface area contributed by atoms with Crippen LogP contribution in [0.3, 0.4) is 0 Å². The van der Waals surface area contributed by atoms with Crippen molar-refractivity contribution in [2.24, 2.45) is 28.7 Å². The molecule has 0 heterocycles. The third-order valence-electron chi connectivity index (χ3n) is 6.28. The average molecular weight is 963 g/mol. The van der Waals surface area contributed by atoms with Gasteiger partial charge < -0.3 is 80.8 Å². The van der Waals surface area contributed by atoms with Gasteiger partial charge in [-0.1, -0.05) is 71.8 Å². The zero-order valence-corrected chi connectivity index (χ0v) is 41.3. The molecule has 414 valence electrons. The van der Waals surface area contributed by atoms with Gasteiger partial charge in [-0.25, -0.2) is 0 Å². The molecule has 0 bridgehead atoms. The lowest BCUT2D eigenvalue weighted by Crippen LogP contribution is -2.28. The first-order valence-electron chi connectivity index (χ1n) is 21.8. The monoisotopic (exact) mass is 962 g/mol. The van der Waals surface area contributed by atoms with E-state index in [-0.39, 0.29) is 99.2 Å². The second-order valence-corrected chi connectivity index (χ2v) is 14.9. The molecule has 0 aromatic rings. The van der Waals surface area contributed by atoms with Crippen molar-refractivity contribution in [1.82, 2.24) is 0 Å². The summed E-state index contributed by atoms with van der Waals surface area (Å²) in [5.74, 6) is 0. The van der Waals surface area contributed by atoms with Gasteiger partial charge >= 0.3 is 0 Å². The molecule has 0 radical (unpaired) electrons. The van der Waals surface area contributed by atoms with E-state index in [1.807, 2.05) is 62.3 Å². The molecule has 65 heavy (non-hydrogen) atoms. The van der Waals surface area contributed by atoms with Crippen molar-refractivity contribution < 1.29 is 52.1 Å². The number of nitrogens with two attached hydrogens (primary N) is 5. The first kappa shape index (κ1) is 94.2. The standard InChI is InChI=1S/C10H23NO3.C9H21NO2.C7H17NO2.C7H17NO.C6H14O2.C4H11NO.6CH4/c1-8(11)5-13-10(3)7-14-9(2)6-12-4;1-4-5-11-7-9(3)12-6-8(2)10;1-6(8)4-10-7(2)5-9-3;1-3-4-5-9-6-7(2)8;1-3-4-8-6-5-7-2;1-4(5)3-6-2;;;;;;/h8-10H,5-7,11H2,1-4H3;8-9H,4-7,10H2,1-3H3;6-7H,4-5,8H2,1-3H3;7H,3-6,8H2,1-2H3;3-6H2,1-2H3;4H,3,5H2,1-2H3;6*1H4. The molecule has 0 spiro atoms. The van der Waals surface area contributed by atoms with Crippen LogP contribution >= 0.6 is 0 Å². The Kier molecular flexibility index (Phi) is 117. The summed E-state index contributed by atoms with van der Waals surface area (Å²) in [6.07, 6.45) is 4.98. The predicted octanol–water partition coefficient (Wildman–Crippen LogP) is 8.35. The lowest BCUT2D eigenvalue weighted by molar-refractivity contribution is -0.0525. The molecule has 9 atom stereocenters. The Morgan fingerprint density at radius 3 is 0.892 bits per heavy atom. The molecule has 0 amide bonds. The summed E-state index contributed by atoms with van der Waals surface area (Å²) in [4.78, 5) is 0. The maximum Gasteiger partial charge on any atom is 0.0781 e. The summed E-state index contributed by atoms with van der Waals surface area (Å²) in [6, 6.07) is 0.656. The molecule has 0 rings (SSSR count). The summed E-state index contributed by atoms with van der Waals surface area (Å²) in [6.45, 7) is 33.4. The van der Waals surface area contributed by atoms with E-state index >= 15 is 0 Å². The van der Waals surface area contributed by atoms with Crippen molar-refractivity contribution in [1.29, 1.82) is 0 Å². The minimum atomic E-state index is 0. The van der Waals surface area contributed by atoms with Crippen LogP contribution in [0.25, 0.3) is 0 Å². The quantitative estimate of drug-likeness (QED) is 0.0399. The highest BCUT2D eigenvalue weighted by atomic mass is 16.6. The molecule has 16 heteroatoms. The third kappa shape index (κ3) is 121. The van der Waals surface area contributed by atoms with E-state index in [4.69, 9.17) is 76.0 Å². The van der Waals surface area contributed by atoms with Gasteiger partial charge in [0.2, 0.25) is 0 Å². The number of methoxy groups -OCH3 is 4. The van der Waals surface area contributed by atoms with E-state index in [9.17, 15) is 0 Å². The Bertz CT molecular complexity index is 701. The van der Waals surface area contributed by atoms with Crippen LogP contribution in [0, 0.1) is 0 Å². The summed E-state index contributed by atoms with van der Waals surface area (Å²) < 4.78 is 56.5. The fourth-order valence-electron chi connectivity index (χ4n) is 3.47. The number of ether oxygens (including phenoxy) is 11. The van der Waals surface area contributed by atoms with Gasteiger partial charge in [0.15, 0.2) is 0 Å².